The molecule has 1 N–H and O–H groups in total. The number of rotatable bonds is 2. The number of nitrogens with zero attached hydrogens (tertiary/aromatic N) is 2. The Morgan fingerprint density at radius 3 is 2.74 bits per heavy atom. The largest absolute Gasteiger partial charge is 0.433 e. The standard InChI is InChI=1S/C13H18F3N3/c1-2-10-5-7-19(8-6-17-10)11-3-4-12(18-9-11)13(14,15)16/h3-4,9-10,17H,2,5-8H2,1H3. The van der Waals surface area contributed by atoms with Crippen molar-refractivity contribution < 1.29 is 13.2 Å². The molecule has 19 heavy (non-hydrogen) atoms. The summed E-state index contributed by atoms with van der Waals surface area (Å²) in [6, 6.07) is 3.04. The summed E-state index contributed by atoms with van der Waals surface area (Å²) < 4.78 is 37.3. The second kappa shape index (κ2) is 5.77. The van der Waals surface area contributed by atoms with Gasteiger partial charge < -0.3 is 10.2 Å². The summed E-state index contributed by atoms with van der Waals surface area (Å²) in [5, 5.41) is 3.42. The summed E-state index contributed by atoms with van der Waals surface area (Å²) in [5.41, 5.74) is -0.0813. The third kappa shape index (κ3) is 3.59. The van der Waals surface area contributed by atoms with E-state index in [-0.39, 0.29) is 0 Å². The van der Waals surface area contributed by atoms with E-state index in [1.54, 1.807) is 0 Å². The first-order valence-corrected chi connectivity index (χ1v) is 6.52. The molecule has 106 valence electrons. The quantitative estimate of drug-likeness (QED) is 0.898. The number of hydrogen-bond acceptors (Lipinski definition) is 3. The molecule has 0 saturated carbocycles. The molecular formula is C13H18F3N3. The first-order valence-electron chi connectivity index (χ1n) is 6.52. The highest BCUT2D eigenvalue weighted by Crippen LogP contribution is 2.28. The van der Waals surface area contributed by atoms with Crippen LogP contribution in [0.2, 0.25) is 0 Å². The lowest BCUT2D eigenvalue weighted by molar-refractivity contribution is -0.141. The second-order valence-electron chi connectivity index (χ2n) is 4.73. The Balaban J connectivity index is 2.06. The van der Waals surface area contributed by atoms with Crippen LogP contribution in [0.1, 0.15) is 25.5 Å². The number of alkyl halides is 3. The minimum absolute atomic E-state index is 0.493. The van der Waals surface area contributed by atoms with E-state index in [4.69, 9.17) is 0 Å². The van der Waals surface area contributed by atoms with Gasteiger partial charge in [-0.3, -0.25) is 0 Å². The third-order valence-electron chi connectivity index (χ3n) is 3.46. The molecular weight excluding hydrogens is 255 g/mol. The van der Waals surface area contributed by atoms with Crippen LogP contribution in [-0.2, 0) is 6.18 Å². The lowest BCUT2D eigenvalue weighted by atomic mass is 10.1. The first-order chi connectivity index (χ1) is 9.00. The van der Waals surface area contributed by atoms with Gasteiger partial charge in [0.2, 0.25) is 0 Å². The highest BCUT2D eigenvalue weighted by Gasteiger charge is 2.32. The maximum atomic E-state index is 12.4. The Kier molecular flexibility index (Phi) is 4.29. The molecule has 1 unspecified atom stereocenters. The van der Waals surface area contributed by atoms with Crippen molar-refractivity contribution in [3.63, 3.8) is 0 Å². The summed E-state index contributed by atoms with van der Waals surface area (Å²) in [6.07, 6.45) is -0.988. The molecule has 1 atom stereocenters. The highest BCUT2D eigenvalue weighted by molar-refractivity contribution is 5.45. The van der Waals surface area contributed by atoms with Crippen molar-refractivity contribution in [3.8, 4) is 0 Å². The Morgan fingerprint density at radius 1 is 1.37 bits per heavy atom. The van der Waals surface area contributed by atoms with Crippen molar-refractivity contribution in [1.82, 2.24) is 10.3 Å². The fraction of sp³-hybridized carbons (Fsp3) is 0.615. The van der Waals surface area contributed by atoms with Crippen LogP contribution >= 0.6 is 0 Å². The van der Waals surface area contributed by atoms with Crippen molar-refractivity contribution in [2.45, 2.75) is 32.0 Å². The van der Waals surface area contributed by atoms with Gasteiger partial charge in [0.1, 0.15) is 5.69 Å². The number of aromatic nitrogens is 1. The maximum Gasteiger partial charge on any atom is 0.433 e. The second-order valence-corrected chi connectivity index (χ2v) is 4.73. The predicted octanol–water partition coefficient (Wildman–Crippen LogP) is 2.68. The zero-order valence-corrected chi connectivity index (χ0v) is 10.9. The number of anilines is 1. The van der Waals surface area contributed by atoms with Gasteiger partial charge in [0, 0.05) is 25.7 Å². The molecule has 6 heteroatoms. The van der Waals surface area contributed by atoms with Gasteiger partial charge in [-0.25, -0.2) is 4.98 Å². The van der Waals surface area contributed by atoms with E-state index < -0.39 is 11.9 Å². The average molecular weight is 273 g/mol. The molecule has 1 aromatic heterocycles. The summed E-state index contributed by atoms with van der Waals surface area (Å²) in [4.78, 5) is 5.59. The molecule has 2 heterocycles. The Bertz CT molecular complexity index is 403. The Hall–Kier alpha value is -1.30. The van der Waals surface area contributed by atoms with Crippen molar-refractivity contribution in [3.05, 3.63) is 24.0 Å². The molecule has 1 saturated heterocycles. The van der Waals surface area contributed by atoms with E-state index in [1.165, 1.54) is 12.3 Å². The van der Waals surface area contributed by atoms with Crippen molar-refractivity contribution in [2.75, 3.05) is 24.5 Å². The van der Waals surface area contributed by atoms with Gasteiger partial charge in [-0.1, -0.05) is 6.92 Å². The number of pyridine rings is 1. The van der Waals surface area contributed by atoms with Gasteiger partial charge in [0.05, 0.1) is 11.9 Å². The number of nitrogens with one attached hydrogen (secondary N) is 1. The van der Waals surface area contributed by atoms with E-state index in [0.717, 1.165) is 44.2 Å². The molecule has 1 aliphatic rings. The molecule has 1 aromatic rings. The van der Waals surface area contributed by atoms with E-state index >= 15 is 0 Å². The lowest BCUT2D eigenvalue weighted by Crippen LogP contribution is -2.30. The predicted molar refractivity (Wildman–Crippen MR) is 68.2 cm³/mol. The van der Waals surface area contributed by atoms with Crippen LogP contribution < -0.4 is 10.2 Å². The molecule has 0 aromatic carbocycles. The molecule has 0 amide bonds. The van der Waals surface area contributed by atoms with Gasteiger partial charge in [0.25, 0.3) is 0 Å². The molecule has 0 bridgehead atoms. The van der Waals surface area contributed by atoms with Crippen LogP contribution in [-0.4, -0.2) is 30.7 Å². The van der Waals surface area contributed by atoms with Crippen molar-refractivity contribution in [1.29, 1.82) is 0 Å². The van der Waals surface area contributed by atoms with E-state index in [1.807, 2.05) is 0 Å². The third-order valence-corrected chi connectivity index (χ3v) is 3.46. The normalized spacial score (nSPS) is 21.3. The Morgan fingerprint density at radius 2 is 2.16 bits per heavy atom. The molecule has 2 rings (SSSR count). The summed E-state index contributed by atoms with van der Waals surface area (Å²) in [7, 11) is 0. The summed E-state index contributed by atoms with van der Waals surface area (Å²) in [5.74, 6) is 0. The van der Waals surface area contributed by atoms with Crippen LogP contribution in [0.4, 0.5) is 18.9 Å². The zero-order valence-electron chi connectivity index (χ0n) is 10.9. The molecule has 0 aliphatic carbocycles. The van der Waals surface area contributed by atoms with Crippen LogP contribution in [0.3, 0.4) is 0 Å². The molecule has 3 nitrogen and oxygen atoms in total. The fourth-order valence-corrected chi connectivity index (χ4v) is 2.28. The van der Waals surface area contributed by atoms with Crippen molar-refractivity contribution in [2.24, 2.45) is 0 Å². The van der Waals surface area contributed by atoms with Gasteiger partial charge in [-0.05, 0) is 25.0 Å². The van der Waals surface area contributed by atoms with Gasteiger partial charge in [-0.2, -0.15) is 13.2 Å². The van der Waals surface area contributed by atoms with Crippen molar-refractivity contribution >= 4 is 5.69 Å². The van der Waals surface area contributed by atoms with Gasteiger partial charge >= 0.3 is 6.18 Å². The van der Waals surface area contributed by atoms with E-state index in [9.17, 15) is 13.2 Å². The van der Waals surface area contributed by atoms with Crippen LogP contribution in [0, 0.1) is 0 Å². The minimum atomic E-state index is -4.37. The molecule has 1 aliphatic heterocycles. The number of hydrogen-bond donors (Lipinski definition) is 1. The van der Waals surface area contributed by atoms with Gasteiger partial charge in [0.15, 0.2) is 0 Å². The first kappa shape index (κ1) is 14.1. The molecule has 0 spiro atoms. The van der Waals surface area contributed by atoms with Crippen LogP contribution in [0.15, 0.2) is 18.3 Å². The minimum Gasteiger partial charge on any atom is -0.369 e. The summed E-state index contributed by atoms with van der Waals surface area (Å²) in [6.45, 7) is 4.62. The SMILES string of the molecule is CCC1CCN(c2ccc(C(F)(F)F)nc2)CCN1. The molecule has 1 fully saturated rings. The smallest absolute Gasteiger partial charge is 0.369 e. The average Bonchev–Trinajstić information content (AvgIpc) is 2.63. The van der Waals surface area contributed by atoms with E-state index in [2.05, 4.69) is 22.1 Å². The molecule has 0 radical (unpaired) electrons. The lowest BCUT2D eigenvalue weighted by Gasteiger charge is -2.22. The van der Waals surface area contributed by atoms with E-state index in [0.29, 0.717) is 6.04 Å². The number of halogens is 3. The maximum absolute atomic E-state index is 12.4. The van der Waals surface area contributed by atoms with Crippen LogP contribution in [0.5, 0.6) is 0 Å². The highest BCUT2D eigenvalue weighted by atomic mass is 19.4. The topological polar surface area (TPSA) is 28.2 Å². The van der Waals surface area contributed by atoms with Gasteiger partial charge in [-0.15, -0.1) is 0 Å². The Labute approximate surface area is 110 Å². The fourth-order valence-electron chi connectivity index (χ4n) is 2.28. The summed E-state index contributed by atoms with van der Waals surface area (Å²) >= 11 is 0. The zero-order chi connectivity index (χ0) is 13.9. The van der Waals surface area contributed by atoms with Crippen LogP contribution in [0.25, 0.3) is 0 Å². The monoisotopic (exact) mass is 273 g/mol.